The Bertz CT molecular complexity index is 500. The summed E-state index contributed by atoms with van der Waals surface area (Å²) in [5.41, 5.74) is 1.59. The third kappa shape index (κ3) is 2.02. The van der Waals surface area contributed by atoms with Crippen LogP contribution in [-0.2, 0) is 0 Å². The number of ketones is 1. The summed E-state index contributed by atoms with van der Waals surface area (Å²) in [5, 5.41) is 0. The van der Waals surface area contributed by atoms with Crippen LogP contribution in [0.3, 0.4) is 0 Å². The maximum atomic E-state index is 11.2. The van der Waals surface area contributed by atoms with E-state index in [2.05, 4.69) is 15.9 Å². The van der Waals surface area contributed by atoms with E-state index in [0.29, 0.717) is 5.56 Å². The van der Waals surface area contributed by atoms with Gasteiger partial charge in [-0.05, 0) is 35.0 Å². The van der Waals surface area contributed by atoms with Gasteiger partial charge in [-0.2, -0.15) is 0 Å². The third-order valence-corrected chi connectivity index (χ3v) is 2.77. The molecule has 0 N–H and O–H groups in total. The molecular formula is C12H9BrO2. The van der Waals surface area contributed by atoms with E-state index in [9.17, 15) is 4.79 Å². The number of halogens is 1. The van der Waals surface area contributed by atoms with Gasteiger partial charge in [-0.1, -0.05) is 18.2 Å². The summed E-state index contributed by atoms with van der Waals surface area (Å²) in [5.74, 6) is 0.803. The highest BCUT2D eigenvalue weighted by Crippen LogP contribution is 2.29. The SMILES string of the molecule is CC(=O)c1cccc(-c2occc2Br)c1. The number of rotatable bonds is 2. The summed E-state index contributed by atoms with van der Waals surface area (Å²) in [6, 6.07) is 9.21. The van der Waals surface area contributed by atoms with Gasteiger partial charge in [0, 0.05) is 11.1 Å². The maximum Gasteiger partial charge on any atom is 0.159 e. The standard InChI is InChI=1S/C12H9BrO2/c1-8(14)9-3-2-4-10(7-9)12-11(13)5-6-15-12/h2-7H,1H3. The van der Waals surface area contributed by atoms with Gasteiger partial charge < -0.3 is 4.42 Å². The van der Waals surface area contributed by atoms with Gasteiger partial charge in [-0.25, -0.2) is 0 Å². The molecule has 0 bridgehead atoms. The quantitative estimate of drug-likeness (QED) is 0.770. The van der Waals surface area contributed by atoms with E-state index in [1.807, 2.05) is 24.3 Å². The van der Waals surface area contributed by atoms with Crippen molar-refractivity contribution in [3.63, 3.8) is 0 Å². The second kappa shape index (κ2) is 4.03. The molecule has 0 aliphatic rings. The lowest BCUT2D eigenvalue weighted by molar-refractivity contribution is 0.101. The van der Waals surface area contributed by atoms with Crippen molar-refractivity contribution in [3.05, 3.63) is 46.6 Å². The summed E-state index contributed by atoms with van der Waals surface area (Å²) < 4.78 is 6.22. The van der Waals surface area contributed by atoms with Crippen molar-refractivity contribution in [2.75, 3.05) is 0 Å². The second-order valence-corrected chi connectivity index (χ2v) is 4.09. The summed E-state index contributed by atoms with van der Waals surface area (Å²) in [7, 11) is 0. The molecule has 0 aliphatic heterocycles. The summed E-state index contributed by atoms with van der Waals surface area (Å²) in [4.78, 5) is 11.2. The first-order chi connectivity index (χ1) is 7.18. The average molecular weight is 265 g/mol. The molecule has 1 aromatic heterocycles. The van der Waals surface area contributed by atoms with Crippen molar-refractivity contribution in [3.8, 4) is 11.3 Å². The van der Waals surface area contributed by atoms with Crippen molar-refractivity contribution >= 4 is 21.7 Å². The Morgan fingerprint density at radius 1 is 1.33 bits per heavy atom. The van der Waals surface area contributed by atoms with E-state index >= 15 is 0 Å². The van der Waals surface area contributed by atoms with Crippen LogP contribution in [0.1, 0.15) is 17.3 Å². The molecule has 0 saturated heterocycles. The van der Waals surface area contributed by atoms with E-state index in [4.69, 9.17) is 4.42 Å². The van der Waals surface area contributed by atoms with E-state index in [-0.39, 0.29) is 5.78 Å². The van der Waals surface area contributed by atoms with Gasteiger partial charge in [0.1, 0.15) is 5.76 Å². The van der Waals surface area contributed by atoms with Crippen LogP contribution in [0.5, 0.6) is 0 Å². The number of furan rings is 1. The number of hydrogen-bond donors (Lipinski definition) is 0. The molecule has 1 heterocycles. The van der Waals surface area contributed by atoms with Crippen LogP contribution in [0.15, 0.2) is 45.5 Å². The highest BCUT2D eigenvalue weighted by molar-refractivity contribution is 9.10. The first-order valence-corrected chi connectivity index (χ1v) is 5.32. The summed E-state index contributed by atoms with van der Waals surface area (Å²) >= 11 is 3.39. The monoisotopic (exact) mass is 264 g/mol. The van der Waals surface area contributed by atoms with Gasteiger partial charge in [-0.15, -0.1) is 0 Å². The van der Waals surface area contributed by atoms with Crippen LogP contribution < -0.4 is 0 Å². The normalized spacial score (nSPS) is 10.3. The molecule has 2 nitrogen and oxygen atoms in total. The summed E-state index contributed by atoms with van der Waals surface area (Å²) in [6.45, 7) is 1.55. The largest absolute Gasteiger partial charge is 0.463 e. The molecule has 0 spiro atoms. The minimum Gasteiger partial charge on any atom is -0.463 e. The van der Waals surface area contributed by atoms with Gasteiger partial charge in [0.2, 0.25) is 0 Å². The predicted molar refractivity (Wildman–Crippen MR) is 61.8 cm³/mol. The molecule has 76 valence electrons. The lowest BCUT2D eigenvalue weighted by Crippen LogP contribution is -1.91. The van der Waals surface area contributed by atoms with Crippen molar-refractivity contribution in [1.82, 2.24) is 0 Å². The van der Waals surface area contributed by atoms with E-state index < -0.39 is 0 Å². The number of hydrogen-bond acceptors (Lipinski definition) is 2. The fraction of sp³-hybridized carbons (Fsp3) is 0.0833. The molecule has 2 rings (SSSR count). The Hall–Kier alpha value is -1.35. The number of carbonyl (C=O) groups excluding carboxylic acids is 1. The number of benzene rings is 1. The van der Waals surface area contributed by atoms with E-state index in [0.717, 1.165) is 15.8 Å². The Morgan fingerprint density at radius 2 is 2.13 bits per heavy atom. The lowest BCUT2D eigenvalue weighted by atomic mass is 10.1. The van der Waals surface area contributed by atoms with Gasteiger partial charge in [0.25, 0.3) is 0 Å². The van der Waals surface area contributed by atoms with Crippen molar-refractivity contribution in [1.29, 1.82) is 0 Å². The average Bonchev–Trinajstić information content (AvgIpc) is 2.64. The zero-order chi connectivity index (χ0) is 10.8. The lowest BCUT2D eigenvalue weighted by Gasteiger charge is -2.00. The third-order valence-electron chi connectivity index (χ3n) is 2.15. The number of carbonyl (C=O) groups is 1. The van der Waals surface area contributed by atoms with Crippen molar-refractivity contribution in [2.24, 2.45) is 0 Å². The topological polar surface area (TPSA) is 30.2 Å². The fourth-order valence-corrected chi connectivity index (χ4v) is 1.81. The minimum absolute atomic E-state index is 0.0551. The molecule has 3 heteroatoms. The first-order valence-electron chi connectivity index (χ1n) is 4.53. The van der Waals surface area contributed by atoms with Crippen LogP contribution in [0.4, 0.5) is 0 Å². The molecule has 2 aromatic rings. The predicted octanol–water partition coefficient (Wildman–Crippen LogP) is 3.91. The van der Waals surface area contributed by atoms with E-state index in [1.54, 1.807) is 19.3 Å². The number of Topliss-reactive ketones (excluding diaryl/α,β-unsaturated/α-hetero) is 1. The smallest absolute Gasteiger partial charge is 0.159 e. The van der Waals surface area contributed by atoms with Crippen molar-refractivity contribution < 1.29 is 9.21 Å². The Labute approximate surface area is 96.0 Å². The first kappa shape index (κ1) is 10.2. The molecule has 0 unspecified atom stereocenters. The molecule has 0 aliphatic carbocycles. The molecule has 0 fully saturated rings. The molecule has 0 amide bonds. The zero-order valence-corrected chi connectivity index (χ0v) is 9.74. The van der Waals surface area contributed by atoms with Crippen LogP contribution in [0, 0.1) is 0 Å². The Balaban J connectivity index is 2.50. The van der Waals surface area contributed by atoms with Gasteiger partial charge in [0.05, 0.1) is 10.7 Å². The van der Waals surface area contributed by atoms with E-state index in [1.165, 1.54) is 0 Å². The maximum absolute atomic E-state index is 11.2. The van der Waals surface area contributed by atoms with Gasteiger partial charge in [0.15, 0.2) is 5.78 Å². The Kier molecular flexibility index (Phi) is 2.73. The minimum atomic E-state index is 0.0551. The van der Waals surface area contributed by atoms with Crippen LogP contribution in [0.25, 0.3) is 11.3 Å². The van der Waals surface area contributed by atoms with Crippen LogP contribution in [-0.4, -0.2) is 5.78 Å². The molecule has 15 heavy (non-hydrogen) atoms. The molecule has 0 saturated carbocycles. The highest BCUT2D eigenvalue weighted by atomic mass is 79.9. The van der Waals surface area contributed by atoms with Crippen LogP contribution >= 0.6 is 15.9 Å². The summed E-state index contributed by atoms with van der Waals surface area (Å²) in [6.07, 6.45) is 1.61. The van der Waals surface area contributed by atoms with Gasteiger partial charge >= 0.3 is 0 Å². The molecule has 1 aromatic carbocycles. The fourth-order valence-electron chi connectivity index (χ4n) is 1.38. The van der Waals surface area contributed by atoms with Crippen LogP contribution in [0.2, 0.25) is 0 Å². The molecular weight excluding hydrogens is 256 g/mol. The van der Waals surface area contributed by atoms with Crippen molar-refractivity contribution in [2.45, 2.75) is 6.92 Å². The Morgan fingerprint density at radius 3 is 2.73 bits per heavy atom. The molecule has 0 radical (unpaired) electrons. The second-order valence-electron chi connectivity index (χ2n) is 3.23. The molecule has 0 atom stereocenters. The zero-order valence-electron chi connectivity index (χ0n) is 8.16. The highest BCUT2D eigenvalue weighted by Gasteiger charge is 2.08. The van der Waals surface area contributed by atoms with Gasteiger partial charge in [-0.3, -0.25) is 4.79 Å².